The summed E-state index contributed by atoms with van der Waals surface area (Å²) < 4.78 is 8.57. The Labute approximate surface area is 341 Å². The van der Waals surface area contributed by atoms with Crippen LogP contribution in [0.5, 0.6) is 0 Å². The molecule has 1 unspecified atom stereocenters. The molecule has 0 radical (unpaired) electrons. The van der Waals surface area contributed by atoms with Crippen LogP contribution in [0.1, 0.15) is 56.3 Å². The summed E-state index contributed by atoms with van der Waals surface area (Å²) in [6.07, 6.45) is 10.3. The van der Waals surface area contributed by atoms with Crippen LogP contribution in [0, 0.1) is 0 Å². The van der Waals surface area contributed by atoms with Crippen molar-refractivity contribution in [2.45, 2.75) is 39.7 Å². The standard InChI is InChI=1S/C51H44N4O.C2H6/c1-4-15-46(54-51(40-20-9-12-21-44(40)52)35-26-29-50-43(32-35)39-19-11-14-23-49(39)56-50)37(5-2)41-30-33(24-27-45(41)53-3)34-25-28-48-42(31-34)38-18-10-13-22-47(38)55(48)36-16-7-6-8-17-36;1-2/h4-23,25-26,28-32,51,53-54H,2,24,27,52H2,1,3H3;1-2H3/b15-4-,46-37-;. The molecule has 0 fully saturated rings. The third-order valence-electron chi connectivity index (χ3n) is 11.1. The van der Waals surface area contributed by atoms with Gasteiger partial charge in [-0.15, -0.1) is 0 Å². The highest BCUT2D eigenvalue weighted by atomic mass is 16.3. The molecule has 1 atom stereocenters. The number of nitrogens with one attached hydrogen (secondary N) is 2. The number of anilines is 1. The van der Waals surface area contributed by atoms with Crippen molar-refractivity contribution < 1.29 is 4.42 Å². The first kappa shape index (κ1) is 37.9. The highest BCUT2D eigenvalue weighted by Crippen LogP contribution is 2.39. The van der Waals surface area contributed by atoms with Gasteiger partial charge in [-0.3, -0.25) is 0 Å². The van der Waals surface area contributed by atoms with Gasteiger partial charge >= 0.3 is 0 Å². The molecule has 2 heterocycles. The molecule has 6 aromatic carbocycles. The van der Waals surface area contributed by atoms with E-state index in [9.17, 15) is 0 Å². The van der Waals surface area contributed by atoms with Crippen LogP contribution >= 0.6 is 0 Å². The number of para-hydroxylation sites is 4. The van der Waals surface area contributed by atoms with Crippen molar-refractivity contribution in [3.8, 4) is 5.69 Å². The minimum atomic E-state index is -0.259. The van der Waals surface area contributed by atoms with Crippen molar-refractivity contribution in [3.05, 3.63) is 210 Å². The van der Waals surface area contributed by atoms with E-state index in [2.05, 4.69) is 156 Å². The van der Waals surface area contributed by atoms with Gasteiger partial charge in [0.1, 0.15) is 11.2 Å². The smallest absolute Gasteiger partial charge is 0.135 e. The van der Waals surface area contributed by atoms with Gasteiger partial charge in [-0.2, -0.15) is 0 Å². The average Bonchev–Trinajstić information content (AvgIpc) is 3.82. The summed E-state index contributed by atoms with van der Waals surface area (Å²) in [5.41, 5.74) is 21.6. The molecule has 288 valence electrons. The topological polar surface area (TPSA) is 68.2 Å². The van der Waals surface area contributed by atoms with E-state index in [0.717, 1.165) is 74.1 Å². The van der Waals surface area contributed by atoms with Gasteiger partial charge in [-0.1, -0.05) is 118 Å². The van der Waals surface area contributed by atoms with Crippen LogP contribution in [0.2, 0.25) is 0 Å². The molecule has 0 amide bonds. The molecule has 5 nitrogen and oxygen atoms in total. The average molecular weight is 759 g/mol. The number of fused-ring (bicyclic) bond motifs is 6. The van der Waals surface area contributed by atoms with Crippen molar-refractivity contribution in [2.75, 3.05) is 12.8 Å². The molecule has 0 aliphatic heterocycles. The Morgan fingerprint density at radius 3 is 2.22 bits per heavy atom. The number of aromatic nitrogens is 1. The summed E-state index contributed by atoms with van der Waals surface area (Å²) in [5.74, 6) is 0. The Morgan fingerprint density at radius 2 is 1.45 bits per heavy atom. The molecule has 0 saturated heterocycles. The van der Waals surface area contributed by atoms with Crippen LogP contribution in [0.3, 0.4) is 0 Å². The molecule has 4 N–H and O–H groups in total. The van der Waals surface area contributed by atoms with Gasteiger partial charge in [-0.05, 0) is 103 Å². The molecule has 1 aliphatic carbocycles. The Morgan fingerprint density at radius 1 is 0.741 bits per heavy atom. The zero-order valence-electron chi connectivity index (χ0n) is 33.7. The fraction of sp³-hybridized carbons (Fsp3) is 0.132. The lowest BCUT2D eigenvalue weighted by Gasteiger charge is -2.27. The Bertz CT molecular complexity index is 2920. The summed E-state index contributed by atoms with van der Waals surface area (Å²) in [4.78, 5) is 0. The first-order chi connectivity index (χ1) is 28.6. The van der Waals surface area contributed by atoms with E-state index in [1.165, 1.54) is 38.6 Å². The van der Waals surface area contributed by atoms with Gasteiger partial charge in [0.15, 0.2) is 0 Å². The summed E-state index contributed by atoms with van der Waals surface area (Å²) in [6.45, 7) is 10.4. The normalized spacial score (nSPS) is 14.0. The van der Waals surface area contributed by atoms with E-state index in [0.29, 0.717) is 0 Å². The Balaban J connectivity index is 0.00000231. The largest absolute Gasteiger partial charge is 0.456 e. The fourth-order valence-electron chi connectivity index (χ4n) is 8.42. The number of nitrogens with two attached hydrogens (primary N) is 1. The number of hydrogen-bond acceptors (Lipinski definition) is 4. The highest BCUT2D eigenvalue weighted by Gasteiger charge is 2.23. The minimum Gasteiger partial charge on any atom is -0.456 e. The number of benzene rings is 6. The highest BCUT2D eigenvalue weighted by molar-refractivity contribution is 6.10. The van der Waals surface area contributed by atoms with E-state index in [1.54, 1.807) is 0 Å². The first-order valence-corrected chi connectivity index (χ1v) is 20.3. The monoisotopic (exact) mass is 758 g/mol. The van der Waals surface area contributed by atoms with Gasteiger partial charge in [0.2, 0.25) is 0 Å². The maximum absolute atomic E-state index is 6.73. The van der Waals surface area contributed by atoms with Gasteiger partial charge in [-0.25, -0.2) is 0 Å². The zero-order chi connectivity index (χ0) is 40.2. The maximum atomic E-state index is 6.73. The molecule has 0 spiro atoms. The van der Waals surface area contributed by atoms with Gasteiger partial charge in [0.25, 0.3) is 0 Å². The van der Waals surface area contributed by atoms with Crippen molar-refractivity contribution in [1.82, 2.24) is 15.2 Å². The number of nitrogen functional groups attached to an aromatic ring is 1. The van der Waals surface area contributed by atoms with Crippen LogP contribution in [-0.4, -0.2) is 11.6 Å². The SMILES string of the molecule is C=C/C(C1=C(NC)CCC(c2ccc3c(c2)c2ccccc2n3-c2ccccc2)=C1)=C(\C=C/C)NC(c1ccc2oc3ccccc3c2c1)c1ccccc1N.CC. The van der Waals surface area contributed by atoms with Gasteiger partial charge in [0.05, 0.1) is 17.1 Å². The number of rotatable bonds is 10. The molecule has 58 heavy (non-hydrogen) atoms. The maximum Gasteiger partial charge on any atom is 0.135 e. The predicted octanol–water partition coefficient (Wildman–Crippen LogP) is 13.3. The molecule has 8 aromatic rings. The van der Waals surface area contributed by atoms with Crippen LogP contribution in [0.4, 0.5) is 5.69 Å². The second kappa shape index (κ2) is 16.6. The van der Waals surface area contributed by atoms with E-state index in [1.807, 2.05) is 57.3 Å². The van der Waals surface area contributed by atoms with Crippen LogP contribution < -0.4 is 16.4 Å². The molecular formula is C53H50N4O. The van der Waals surface area contributed by atoms with Crippen molar-refractivity contribution in [3.63, 3.8) is 0 Å². The van der Waals surface area contributed by atoms with Crippen molar-refractivity contribution in [2.24, 2.45) is 0 Å². The quantitative estimate of drug-likeness (QED) is 0.0960. The van der Waals surface area contributed by atoms with Crippen LogP contribution in [-0.2, 0) is 0 Å². The Kier molecular flexibility index (Phi) is 10.9. The first-order valence-electron chi connectivity index (χ1n) is 20.3. The molecule has 5 heteroatoms. The molecular weight excluding hydrogens is 709 g/mol. The lowest BCUT2D eigenvalue weighted by Crippen LogP contribution is -2.24. The van der Waals surface area contributed by atoms with Gasteiger partial charge in [0, 0.05) is 68.1 Å². The molecule has 9 rings (SSSR count). The zero-order valence-corrected chi connectivity index (χ0v) is 33.7. The summed E-state index contributed by atoms with van der Waals surface area (Å²) in [6, 6.07) is 48.7. The molecule has 1 aliphatic rings. The van der Waals surface area contributed by atoms with E-state index < -0.39 is 0 Å². The summed E-state index contributed by atoms with van der Waals surface area (Å²) in [7, 11) is 2.01. The van der Waals surface area contributed by atoms with E-state index >= 15 is 0 Å². The number of allylic oxidation sites excluding steroid dienone is 8. The molecule has 0 bridgehead atoms. The lowest BCUT2D eigenvalue weighted by molar-refractivity contribution is 0.667. The molecule has 2 aromatic heterocycles. The van der Waals surface area contributed by atoms with Crippen LogP contribution in [0.15, 0.2) is 197 Å². The van der Waals surface area contributed by atoms with Crippen molar-refractivity contribution in [1.29, 1.82) is 0 Å². The summed E-state index contributed by atoms with van der Waals surface area (Å²) in [5, 5.41) is 12.2. The molecule has 0 saturated carbocycles. The number of hydrogen-bond donors (Lipinski definition) is 3. The third kappa shape index (κ3) is 6.90. The fourth-order valence-corrected chi connectivity index (χ4v) is 8.42. The van der Waals surface area contributed by atoms with Gasteiger partial charge < -0.3 is 25.4 Å². The second-order valence-electron chi connectivity index (χ2n) is 14.3. The number of furan rings is 1. The lowest BCUT2D eigenvalue weighted by atomic mass is 9.87. The summed E-state index contributed by atoms with van der Waals surface area (Å²) >= 11 is 0. The Hall–Kier alpha value is -6.98. The third-order valence-corrected chi connectivity index (χ3v) is 11.1. The van der Waals surface area contributed by atoms with E-state index in [4.69, 9.17) is 10.2 Å². The van der Waals surface area contributed by atoms with Crippen molar-refractivity contribution >= 4 is 55.0 Å². The van der Waals surface area contributed by atoms with E-state index in [-0.39, 0.29) is 6.04 Å². The van der Waals surface area contributed by atoms with Crippen LogP contribution in [0.25, 0.3) is 55.0 Å². The minimum absolute atomic E-state index is 0.259. The number of nitrogens with zero attached hydrogens (tertiary/aromatic N) is 1. The predicted molar refractivity (Wildman–Crippen MR) is 247 cm³/mol. The second-order valence-corrected chi connectivity index (χ2v) is 14.3.